The van der Waals surface area contributed by atoms with Crippen molar-refractivity contribution in [2.45, 2.75) is 25.8 Å². The van der Waals surface area contributed by atoms with Crippen LogP contribution >= 0.6 is 0 Å². The fourth-order valence-electron chi connectivity index (χ4n) is 4.25. The number of anilines is 1. The molecule has 8 heteroatoms. The number of imidazole rings is 1. The Labute approximate surface area is 185 Å². The Balaban J connectivity index is 1.41. The Morgan fingerprint density at radius 1 is 1.16 bits per heavy atom. The van der Waals surface area contributed by atoms with E-state index in [1.54, 1.807) is 7.05 Å². The van der Waals surface area contributed by atoms with E-state index in [2.05, 4.69) is 15.4 Å². The van der Waals surface area contributed by atoms with Crippen molar-refractivity contribution in [2.24, 2.45) is 7.05 Å². The third kappa shape index (κ3) is 3.53. The molecule has 162 valence electrons. The van der Waals surface area contributed by atoms with Gasteiger partial charge in [-0.3, -0.25) is 14.3 Å². The van der Waals surface area contributed by atoms with E-state index in [1.807, 2.05) is 71.1 Å². The summed E-state index contributed by atoms with van der Waals surface area (Å²) in [5.74, 6) is -0.524. The van der Waals surface area contributed by atoms with Gasteiger partial charge in [0, 0.05) is 49.3 Å². The van der Waals surface area contributed by atoms with Crippen LogP contribution in [0.3, 0.4) is 0 Å². The van der Waals surface area contributed by atoms with Gasteiger partial charge in [-0.25, -0.2) is 4.98 Å². The average Bonchev–Trinajstić information content (AvgIpc) is 3.51. The molecule has 4 aromatic rings. The number of nitrogens with zero attached hydrogens (tertiary/aromatic N) is 5. The van der Waals surface area contributed by atoms with Gasteiger partial charge in [0.25, 0.3) is 11.8 Å². The predicted molar refractivity (Wildman–Crippen MR) is 122 cm³/mol. The van der Waals surface area contributed by atoms with Gasteiger partial charge >= 0.3 is 0 Å². The lowest BCUT2D eigenvalue weighted by Gasteiger charge is -2.21. The van der Waals surface area contributed by atoms with Gasteiger partial charge in [-0.15, -0.1) is 0 Å². The first kappa shape index (κ1) is 20.0. The molecule has 0 unspecified atom stereocenters. The van der Waals surface area contributed by atoms with E-state index in [1.165, 1.54) is 10.9 Å². The highest BCUT2D eigenvalue weighted by Crippen LogP contribution is 2.23. The monoisotopic (exact) mass is 428 g/mol. The molecule has 5 rings (SSSR count). The van der Waals surface area contributed by atoms with E-state index in [-0.39, 0.29) is 23.6 Å². The second kappa shape index (κ2) is 7.96. The van der Waals surface area contributed by atoms with Crippen LogP contribution in [-0.2, 0) is 7.05 Å². The van der Waals surface area contributed by atoms with Crippen molar-refractivity contribution >= 4 is 23.1 Å². The van der Waals surface area contributed by atoms with Crippen LogP contribution in [0.15, 0.2) is 61.1 Å². The standard InChI is InChI=1S/C24H24N6O2/c1-16-7-6-11-30(16)24(32)19-14-25-28(2)22(19)23(31)26-18-10-12-29-15-20(27-21(29)13-18)17-8-4-3-5-9-17/h3-5,8-10,12-16H,6-7,11H2,1-2H3,(H,26,31)/t16-/m1/s1. The molecule has 2 amide bonds. The average molecular weight is 428 g/mol. The van der Waals surface area contributed by atoms with Crippen LogP contribution in [0.1, 0.15) is 40.6 Å². The maximum absolute atomic E-state index is 13.1. The Hall–Kier alpha value is -3.94. The first-order valence-electron chi connectivity index (χ1n) is 10.7. The smallest absolute Gasteiger partial charge is 0.274 e. The summed E-state index contributed by atoms with van der Waals surface area (Å²) < 4.78 is 3.36. The number of pyridine rings is 1. The number of rotatable bonds is 4. The quantitative estimate of drug-likeness (QED) is 0.538. The molecule has 1 saturated heterocycles. The second-order valence-corrected chi connectivity index (χ2v) is 8.15. The van der Waals surface area contributed by atoms with Gasteiger partial charge in [0.1, 0.15) is 11.3 Å². The van der Waals surface area contributed by atoms with E-state index in [0.29, 0.717) is 23.4 Å². The maximum Gasteiger partial charge on any atom is 0.274 e. The summed E-state index contributed by atoms with van der Waals surface area (Å²) >= 11 is 0. The SMILES string of the molecule is C[C@@H]1CCCN1C(=O)c1cnn(C)c1C(=O)Nc1ccn2cc(-c3ccccc3)nc2c1. The van der Waals surface area contributed by atoms with Crippen molar-refractivity contribution < 1.29 is 9.59 Å². The molecule has 1 fully saturated rings. The number of likely N-dealkylation sites (tertiary alicyclic amines) is 1. The molecule has 1 N–H and O–H groups in total. The lowest BCUT2D eigenvalue weighted by atomic mass is 10.2. The third-order valence-corrected chi connectivity index (χ3v) is 5.99. The largest absolute Gasteiger partial charge is 0.336 e. The molecule has 1 aliphatic rings. The minimum absolute atomic E-state index is 0.149. The molecule has 32 heavy (non-hydrogen) atoms. The Bertz CT molecular complexity index is 1310. The summed E-state index contributed by atoms with van der Waals surface area (Å²) in [6.07, 6.45) is 7.23. The zero-order chi connectivity index (χ0) is 22.2. The number of hydrogen-bond acceptors (Lipinski definition) is 4. The van der Waals surface area contributed by atoms with Crippen molar-refractivity contribution in [3.05, 3.63) is 72.3 Å². The zero-order valence-electron chi connectivity index (χ0n) is 18.0. The number of hydrogen-bond donors (Lipinski definition) is 1. The fourth-order valence-corrected chi connectivity index (χ4v) is 4.25. The summed E-state index contributed by atoms with van der Waals surface area (Å²) in [4.78, 5) is 32.6. The molecular formula is C24H24N6O2. The highest BCUT2D eigenvalue weighted by Gasteiger charge is 2.31. The fraction of sp³-hybridized carbons (Fsp3) is 0.250. The lowest BCUT2D eigenvalue weighted by molar-refractivity contribution is 0.0742. The number of aryl methyl sites for hydroxylation is 1. The molecule has 0 aliphatic carbocycles. The normalized spacial score (nSPS) is 15.9. The molecule has 0 saturated carbocycles. The lowest BCUT2D eigenvalue weighted by Crippen LogP contribution is -2.35. The predicted octanol–water partition coefficient (Wildman–Crippen LogP) is 3.61. The minimum atomic E-state index is -0.376. The molecule has 1 aliphatic heterocycles. The van der Waals surface area contributed by atoms with Gasteiger partial charge < -0.3 is 14.6 Å². The molecule has 8 nitrogen and oxygen atoms in total. The van der Waals surface area contributed by atoms with Crippen LogP contribution in [0.5, 0.6) is 0 Å². The van der Waals surface area contributed by atoms with Crippen molar-refractivity contribution in [2.75, 3.05) is 11.9 Å². The molecule has 0 spiro atoms. The van der Waals surface area contributed by atoms with Gasteiger partial charge in [0.15, 0.2) is 0 Å². The second-order valence-electron chi connectivity index (χ2n) is 8.15. The molecule has 1 atom stereocenters. The van der Waals surface area contributed by atoms with E-state index >= 15 is 0 Å². The van der Waals surface area contributed by atoms with Gasteiger partial charge in [-0.05, 0) is 25.8 Å². The van der Waals surface area contributed by atoms with E-state index < -0.39 is 0 Å². The third-order valence-electron chi connectivity index (χ3n) is 5.99. The molecule has 1 aromatic carbocycles. The highest BCUT2D eigenvalue weighted by atomic mass is 16.2. The topological polar surface area (TPSA) is 84.5 Å². The van der Waals surface area contributed by atoms with Gasteiger partial charge in [0.05, 0.1) is 17.5 Å². The van der Waals surface area contributed by atoms with Crippen molar-refractivity contribution in [3.63, 3.8) is 0 Å². The van der Waals surface area contributed by atoms with Gasteiger partial charge in [-0.1, -0.05) is 30.3 Å². The van der Waals surface area contributed by atoms with E-state index in [9.17, 15) is 9.59 Å². The Morgan fingerprint density at radius 3 is 2.72 bits per heavy atom. The first-order chi connectivity index (χ1) is 15.5. The highest BCUT2D eigenvalue weighted by molar-refractivity contribution is 6.11. The summed E-state index contributed by atoms with van der Waals surface area (Å²) in [5, 5.41) is 7.08. The van der Waals surface area contributed by atoms with Crippen molar-refractivity contribution in [1.29, 1.82) is 0 Å². The summed E-state index contributed by atoms with van der Waals surface area (Å²) in [7, 11) is 1.67. The van der Waals surface area contributed by atoms with Gasteiger partial charge in [0.2, 0.25) is 0 Å². The van der Waals surface area contributed by atoms with E-state index in [4.69, 9.17) is 0 Å². The number of fused-ring (bicyclic) bond motifs is 1. The molecule has 0 radical (unpaired) electrons. The number of carbonyl (C=O) groups excluding carboxylic acids is 2. The molecule has 0 bridgehead atoms. The Kier molecular flexibility index (Phi) is 4.97. The number of benzene rings is 1. The van der Waals surface area contributed by atoms with Crippen LogP contribution in [0.25, 0.3) is 16.9 Å². The van der Waals surface area contributed by atoms with Gasteiger partial charge in [-0.2, -0.15) is 5.10 Å². The van der Waals surface area contributed by atoms with Crippen LogP contribution in [0.2, 0.25) is 0 Å². The summed E-state index contributed by atoms with van der Waals surface area (Å²) in [6.45, 7) is 2.74. The van der Waals surface area contributed by atoms with Crippen LogP contribution < -0.4 is 5.32 Å². The van der Waals surface area contributed by atoms with Crippen LogP contribution in [0.4, 0.5) is 5.69 Å². The molecule has 3 aromatic heterocycles. The molecular weight excluding hydrogens is 404 g/mol. The zero-order valence-corrected chi connectivity index (χ0v) is 18.0. The number of carbonyl (C=O) groups is 2. The number of aromatic nitrogens is 4. The number of nitrogens with one attached hydrogen (secondary N) is 1. The molecule has 4 heterocycles. The summed E-state index contributed by atoms with van der Waals surface area (Å²) in [6, 6.07) is 13.7. The number of amides is 2. The van der Waals surface area contributed by atoms with Crippen LogP contribution in [-0.4, -0.2) is 48.5 Å². The first-order valence-corrected chi connectivity index (χ1v) is 10.7. The van der Waals surface area contributed by atoms with Crippen molar-refractivity contribution in [3.8, 4) is 11.3 Å². The van der Waals surface area contributed by atoms with Crippen molar-refractivity contribution in [1.82, 2.24) is 24.1 Å². The minimum Gasteiger partial charge on any atom is -0.336 e. The van der Waals surface area contributed by atoms with E-state index in [0.717, 1.165) is 24.1 Å². The Morgan fingerprint density at radius 2 is 1.97 bits per heavy atom. The summed E-state index contributed by atoms with van der Waals surface area (Å²) in [5.41, 5.74) is 3.77. The maximum atomic E-state index is 13.1. The van der Waals surface area contributed by atoms with Crippen LogP contribution in [0, 0.1) is 0 Å².